The Kier molecular flexibility index (Phi) is 5.52. The molecule has 1 atom stereocenters. The van der Waals surface area contributed by atoms with Crippen LogP contribution in [0.15, 0.2) is 24.4 Å². The highest BCUT2D eigenvalue weighted by molar-refractivity contribution is 5.11. The Morgan fingerprint density at radius 3 is 2.58 bits per heavy atom. The molecule has 0 amide bonds. The number of rotatable bonds is 5. The van der Waals surface area contributed by atoms with Crippen LogP contribution in [0, 0.1) is 5.92 Å². The van der Waals surface area contributed by atoms with Crippen LogP contribution in [0.25, 0.3) is 0 Å². The van der Waals surface area contributed by atoms with E-state index in [0.29, 0.717) is 0 Å². The minimum atomic E-state index is 0.747. The van der Waals surface area contributed by atoms with Gasteiger partial charge in [-0.2, -0.15) is 0 Å². The molecule has 0 aliphatic heterocycles. The van der Waals surface area contributed by atoms with Gasteiger partial charge in [0.2, 0.25) is 0 Å². The lowest BCUT2D eigenvalue weighted by atomic mass is 10.1. The van der Waals surface area contributed by atoms with Crippen LogP contribution in [0.2, 0.25) is 0 Å². The van der Waals surface area contributed by atoms with Gasteiger partial charge in [0, 0.05) is 19.3 Å². The third-order valence-corrected chi connectivity index (χ3v) is 2.13. The first-order valence-corrected chi connectivity index (χ1v) is 4.64. The van der Waals surface area contributed by atoms with Gasteiger partial charge in [-0.15, -0.1) is 0 Å². The summed E-state index contributed by atoms with van der Waals surface area (Å²) >= 11 is 0. The summed E-state index contributed by atoms with van der Waals surface area (Å²) in [6.45, 7) is 11.6. The van der Waals surface area contributed by atoms with Crippen molar-refractivity contribution >= 4 is 0 Å². The van der Waals surface area contributed by atoms with Crippen molar-refractivity contribution in [3.8, 4) is 0 Å². The Balaban J connectivity index is 3.86. The van der Waals surface area contributed by atoms with E-state index in [0.717, 1.165) is 18.2 Å². The predicted octanol–water partition coefficient (Wildman–Crippen LogP) is 3.05. The summed E-state index contributed by atoms with van der Waals surface area (Å²) in [5, 5.41) is 0. The van der Waals surface area contributed by atoms with E-state index in [1.54, 1.807) is 0 Å². The quantitative estimate of drug-likeness (QED) is 0.569. The van der Waals surface area contributed by atoms with Crippen molar-refractivity contribution in [2.45, 2.75) is 27.2 Å². The van der Waals surface area contributed by atoms with E-state index in [1.165, 1.54) is 6.42 Å². The van der Waals surface area contributed by atoms with E-state index in [9.17, 15) is 0 Å². The minimum absolute atomic E-state index is 0.747. The second-order valence-corrected chi connectivity index (χ2v) is 3.39. The second kappa shape index (κ2) is 5.87. The molecule has 12 heavy (non-hydrogen) atoms. The first-order valence-electron chi connectivity index (χ1n) is 4.64. The standard InChI is InChI=1S/C11H21N/c1-6-8-11(4)12(5)9-10(3)7-2/h6,8,10H,4,7,9H2,1-3,5H3. The van der Waals surface area contributed by atoms with Crippen molar-refractivity contribution in [1.29, 1.82) is 0 Å². The summed E-state index contributed by atoms with van der Waals surface area (Å²) in [7, 11) is 2.09. The Morgan fingerprint density at radius 2 is 2.17 bits per heavy atom. The molecule has 1 unspecified atom stereocenters. The number of likely N-dealkylation sites (N-methyl/N-ethyl adjacent to an activating group) is 1. The van der Waals surface area contributed by atoms with Crippen LogP contribution in [0.4, 0.5) is 0 Å². The molecule has 0 aliphatic rings. The molecule has 1 nitrogen and oxygen atoms in total. The van der Waals surface area contributed by atoms with Crippen LogP contribution in [0.1, 0.15) is 27.2 Å². The molecular weight excluding hydrogens is 146 g/mol. The van der Waals surface area contributed by atoms with Crippen molar-refractivity contribution < 1.29 is 0 Å². The maximum Gasteiger partial charge on any atom is 0.0287 e. The maximum absolute atomic E-state index is 3.97. The highest BCUT2D eigenvalue weighted by Gasteiger charge is 2.03. The van der Waals surface area contributed by atoms with Crippen molar-refractivity contribution in [2.24, 2.45) is 5.92 Å². The third-order valence-electron chi connectivity index (χ3n) is 2.13. The fourth-order valence-electron chi connectivity index (χ4n) is 1.03. The van der Waals surface area contributed by atoms with Gasteiger partial charge in [-0.3, -0.25) is 0 Å². The molecule has 0 aromatic carbocycles. The predicted molar refractivity (Wildman–Crippen MR) is 56.0 cm³/mol. The van der Waals surface area contributed by atoms with Crippen LogP contribution in [-0.4, -0.2) is 18.5 Å². The number of hydrogen-bond donors (Lipinski definition) is 0. The third kappa shape index (κ3) is 4.22. The van der Waals surface area contributed by atoms with E-state index < -0.39 is 0 Å². The van der Waals surface area contributed by atoms with Gasteiger partial charge >= 0.3 is 0 Å². The van der Waals surface area contributed by atoms with Crippen molar-refractivity contribution in [2.75, 3.05) is 13.6 Å². The molecular formula is C11H21N. The largest absolute Gasteiger partial charge is 0.375 e. The van der Waals surface area contributed by atoms with Gasteiger partial charge in [-0.05, 0) is 18.9 Å². The summed E-state index contributed by atoms with van der Waals surface area (Å²) in [5.74, 6) is 0.747. The summed E-state index contributed by atoms with van der Waals surface area (Å²) in [6.07, 6.45) is 5.30. The van der Waals surface area contributed by atoms with Crippen molar-refractivity contribution in [3.63, 3.8) is 0 Å². The molecule has 0 N–H and O–H groups in total. The molecule has 0 heterocycles. The van der Waals surface area contributed by atoms with E-state index in [-0.39, 0.29) is 0 Å². The maximum atomic E-state index is 3.97. The molecule has 0 aromatic rings. The molecule has 0 aliphatic carbocycles. The highest BCUT2D eigenvalue weighted by atomic mass is 15.1. The molecule has 0 bridgehead atoms. The Morgan fingerprint density at radius 1 is 1.58 bits per heavy atom. The minimum Gasteiger partial charge on any atom is -0.375 e. The monoisotopic (exact) mass is 167 g/mol. The van der Waals surface area contributed by atoms with Crippen LogP contribution >= 0.6 is 0 Å². The normalized spacial score (nSPS) is 13.3. The Hall–Kier alpha value is -0.720. The molecule has 0 saturated carbocycles. The second-order valence-electron chi connectivity index (χ2n) is 3.39. The van der Waals surface area contributed by atoms with Crippen LogP contribution < -0.4 is 0 Å². The lowest BCUT2D eigenvalue weighted by Crippen LogP contribution is -2.22. The van der Waals surface area contributed by atoms with Gasteiger partial charge in [0.25, 0.3) is 0 Å². The molecule has 1 heteroatoms. The zero-order valence-electron chi connectivity index (χ0n) is 8.80. The van der Waals surface area contributed by atoms with E-state index in [2.05, 4.69) is 32.4 Å². The molecule has 0 saturated heterocycles. The lowest BCUT2D eigenvalue weighted by Gasteiger charge is -2.22. The molecule has 0 spiro atoms. The molecule has 0 radical (unpaired) electrons. The van der Waals surface area contributed by atoms with Gasteiger partial charge in [0.05, 0.1) is 0 Å². The summed E-state index contributed by atoms with van der Waals surface area (Å²) in [6, 6.07) is 0. The van der Waals surface area contributed by atoms with Crippen molar-refractivity contribution in [3.05, 3.63) is 24.4 Å². The fraction of sp³-hybridized carbons (Fsp3) is 0.636. The smallest absolute Gasteiger partial charge is 0.0287 e. The van der Waals surface area contributed by atoms with Gasteiger partial charge < -0.3 is 4.90 Å². The summed E-state index contributed by atoms with van der Waals surface area (Å²) < 4.78 is 0. The fourth-order valence-corrected chi connectivity index (χ4v) is 1.03. The van der Waals surface area contributed by atoms with Gasteiger partial charge in [-0.1, -0.05) is 32.9 Å². The zero-order valence-corrected chi connectivity index (χ0v) is 8.80. The Bertz CT molecular complexity index is 158. The number of allylic oxidation sites excluding steroid dienone is 2. The summed E-state index contributed by atoms with van der Waals surface area (Å²) in [4.78, 5) is 2.20. The lowest BCUT2D eigenvalue weighted by molar-refractivity contribution is 0.350. The average molecular weight is 167 g/mol. The Labute approximate surface area is 76.8 Å². The van der Waals surface area contributed by atoms with Gasteiger partial charge in [0.15, 0.2) is 0 Å². The van der Waals surface area contributed by atoms with Crippen LogP contribution in [0.3, 0.4) is 0 Å². The first-order chi connectivity index (χ1) is 5.61. The van der Waals surface area contributed by atoms with Crippen LogP contribution in [0.5, 0.6) is 0 Å². The molecule has 70 valence electrons. The van der Waals surface area contributed by atoms with E-state index in [4.69, 9.17) is 0 Å². The van der Waals surface area contributed by atoms with Crippen LogP contribution in [-0.2, 0) is 0 Å². The zero-order chi connectivity index (χ0) is 9.56. The summed E-state index contributed by atoms with van der Waals surface area (Å²) in [5.41, 5.74) is 1.10. The first kappa shape index (κ1) is 11.3. The molecule has 0 fully saturated rings. The molecule has 0 rings (SSSR count). The highest BCUT2D eigenvalue weighted by Crippen LogP contribution is 2.07. The van der Waals surface area contributed by atoms with E-state index in [1.807, 2.05) is 19.1 Å². The SMILES string of the molecule is C=C(C=CC)N(C)CC(C)CC. The number of nitrogens with zero attached hydrogens (tertiary/aromatic N) is 1. The number of hydrogen-bond acceptors (Lipinski definition) is 1. The van der Waals surface area contributed by atoms with Crippen molar-refractivity contribution in [1.82, 2.24) is 4.90 Å². The van der Waals surface area contributed by atoms with Gasteiger partial charge in [0.1, 0.15) is 0 Å². The topological polar surface area (TPSA) is 3.24 Å². The molecule has 0 aromatic heterocycles. The van der Waals surface area contributed by atoms with Gasteiger partial charge in [-0.25, -0.2) is 0 Å². The average Bonchev–Trinajstić information content (AvgIpc) is 2.04. The van der Waals surface area contributed by atoms with E-state index >= 15 is 0 Å².